The quantitative estimate of drug-likeness (QED) is 0.362. The predicted molar refractivity (Wildman–Crippen MR) is 98.1 cm³/mol. The van der Waals surface area contributed by atoms with Gasteiger partial charge in [0.05, 0.1) is 0 Å². The maximum Gasteiger partial charge on any atom is 0.298 e. The van der Waals surface area contributed by atoms with Crippen molar-refractivity contribution in [2.75, 3.05) is 0 Å². The third kappa shape index (κ3) is 8.15. The van der Waals surface area contributed by atoms with Gasteiger partial charge in [0, 0.05) is 0 Å². The first-order valence-corrected chi connectivity index (χ1v) is 10.7. The van der Waals surface area contributed by atoms with E-state index in [0.717, 1.165) is 19.3 Å². The summed E-state index contributed by atoms with van der Waals surface area (Å²) in [5.74, 6) is -0.377. The molecule has 0 fully saturated rings. The highest BCUT2D eigenvalue weighted by Gasteiger charge is 2.19. The molecule has 0 radical (unpaired) electrons. The molecule has 0 spiro atoms. The molecule has 0 aliphatic carbocycles. The van der Waals surface area contributed by atoms with Crippen LogP contribution < -0.4 is 0 Å². The first-order valence-electron chi connectivity index (χ1n) is 9.25. The van der Waals surface area contributed by atoms with Crippen molar-refractivity contribution in [3.63, 3.8) is 0 Å². The number of hydrogen-bond donors (Lipinski definition) is 2. The van der Waals surface area contributed by atoms with Gasteiger partial charge in [-0.1, -0.05) is 83.3 Å². The van der Waals surface area contributed by atoms with Crippen LogP contribution in [0.1, 0.15) is 83.1 Å². The molecule has 0 heterocycles. The first-order chi connectivity index (χ1) is 11.5. The Balaban J connectivity index is 2.19. The molecule has 4 nitrogen and oxygen atoms in total. The second-order valence-electron chi connectivity index (χ2n) is 6.53. The number of hydrogen-bond acceptors (Lipinski definition) is 3. The van der Waals surface area contributed by atoms with Crippen molar-refractivity contribution in [1.29, 1.82) is 0 Å². The van der Waals surface area contributed by atoms with Crippen LogP contribution in [0, 0.1) is 0 Å². The zero-order valence-electron chi connectivity index (χ0n) is 14.8. The summed E-state index contributed by atoms with van der Waals surface area (Å²) in [7, 11) is -4.38. The second kappa shape index (κ2) is 11.5. The molecule has 0 aliphatic heterocycles. The van der Waals surface area contributed by atoms with Gasteiger partial charge in [-0.05, 0) is 24.5 Å². The molecule has 0 aromatic heterocycles. The molecule has 0 amide bonds. The Morgan fingerprint density at radius 1 is 0.833 bits per heavy atom. The zero-order valence-corrected chi connectivity index (χ0v) is 15.7. The Morgan fingerprint density at radius 2 is 1.33 bits per heavy atom. The number of phenolic OH excluding ortho intramolecular Hbond substituents is 1. The number of aryl methyl sites for hydroxylation is 1. The van der Waals surface area contributed by atoms with Crippen molar-refractivity contribution < 1.29 is 18.1 Å². The summed E-state index contributed by atoms with van der Waals surface area (Å²) in [6.07, 6.45) is 14.1. The standard InChI is InChI=1S/C19H32O4S/c1-2-3-4-5-6-7-8-9-10-11-12-14-17-15-13-16-18(20)19(17)24(21,22)23/h13,15-16,20H,2-12,14H2,1H3,(H,21,22,23). The summed E-state index contributed by atoms with van der Waals surface area (Å²) in [6.45, 7) is 2.23. The fraction of sp³-hybridized carbons (Fsp3) is 0.684. The molecule has 1 aromatic rings. The number of unbranched alkanes of at least 4 members (excludes halogenated alkanes) is 10. The lowest BCUT2D eigenvalue weighted by Crippen LogP contribution is -2.03. The molecule has 0 aliphatic rings. The van der Waals surface area contributed by atoms with Crippen molar-refractivity contribution in [3.05, 3.63) is 23.8 Å². The van der Waals surface area contributed by atoms with Crippen LogP contribution in [0.2, 0.25) is 0 Å². The van der Waals surface area contributed by atoms with Gasteiger partial charge in [0.15, 0.2) is 0 Å². The van der Waals surface area contributed by atoms with Crippen molar-refractivity contribution in [2.45, 2.75) is 88.9 Å². The molecule has 0 unspecified atom stereocenters. The number of aromatic hydroxyl groups is 1. The minimum atomic E-state index is -4.38. The third-order valence-electron chi connectivity index (χ3n) is 4.38. The molecule has 1 rings (SSSR count). The van der Waals surface area contributed by atoms with E-state index in [1.54, 1.807) is 12.1 Å². The van der Waals surface area contributed by atoms with Crippen molar-refractivity contribution >= 4 is 10.1 Å². The van der Waals surface area contributed by atoms with Gasteiger partial charge in [0.1, 0.15) is 10.6 Å². The third-order valence-corrected chi connectivity index (χ3v) is 5.37. The molecule has 24 heavy (non-hydrogen) atoms. The maximum absolute atomic E-state index is 11.4. The molecule has 5 heteroatoms. The molecule has 138 valence electrons. The average Bonchev–Trinajstić information content (AvgIpc) is 2.51. The molecular weight excluding hydrogens is 324 g/mol. The smallest absolute Gasteiger partial charge is 0.298 e. The lowest BCUT2D eigenvalue weighted by molar-refractivity contribution is 0.440. The van der Waals surface area contributed by atoms with Crippen LogP contribution in [-0.2, 0) is 16.5 Å². The van der Waals surface area contributed by atoms with Crippen molar-refractivity contribution in [1.82, 2.24) is 0 Å². The van der Waals surface area contributed by atoms with Gasteiger partial charge in [0.2, 0.25) is 0 Å². The van der Waals surface area contributed by atoms with E-state index in [2.05, 4.69) is 6.92 Å². The molecular formula is C19H32O4S. The predicted octanol–water partition coefficient (Wildman–Crippen LogP) is 5.49. The van der Waals surface area contributed by atoms with Gasteiger partial charge < -0.3 is 5.11 Å². The fourth-order valence-electron chi connectivity index (χ4n) is 3.05. The first kappa shape index (κ1) is 21.0. The van der Waals surface area contributed by atoms with E-state index < -0.39 is 10.1 Å². The summed E-state index contributed by atoms with van der Waals surface area (Å²) >= 11 is 0. The number of rotatable bonds is 13. The van der Waals surface area contributed by atoms with Crippen LogP contribution in [-0.4, -0.2) is 18.1 Å². The maximum atomic E-state index is 11.4. The van der Waals surface area contributed by atoms with E-state index in [1.807, 2.05) is 0 Å². The highest BCUT2D eigenvalue weighted by molar-refractivity contribution is 7.86. The van der Waals surface area contributed by atoms with E-state index in [1.165, 1.54) is 57.4 Å². The lowest BCUT2D eigenvalue weighted by Gasteiger charge is -2.09. The molecule has 0 saturated heterocycles. The van der Waals surface area contributed by atoms with Gasteiger partial charge >= 0.3 is 0 Å². The minimum absolute atomic E-state index is 0.336. The van der Waals surface area contributed by atoms with Gasteiger partial charge in [-0.3, -0.25) is 4.55 Å². The highest BCUT2D eigenvalue weighted by atomic mass is 32.2. The van der Waals surface area contributed by atoms with Gasteiger partial charge in [-0.25, -0.2) is 0 Å². The second-order valence-corrected chi connectivity index (χ2v) is 7.88. The van der Waals surface area contributed by atoms with Crippen molar-refractivity contribution in [3.8, 4) is 5.75 Å². The van der Waals surface area contributed by atoms with Gasteiger partial charge in [-0.15, -0.1) is 0 Å². The molecule has 0 atom stereocenters. The van der Waals surface area contributed by atoms with Crippen LogP contribution in [0.5, 0.6) is 5.75 Å². The van der Waals surface area contributed by atoms with E-state index in [9.17, 15) is 18.1 Å². The number of phenols is 1. The van der Waals surface area contributed by atoms with Crippen LogP contribution in [0.3, 0.4) is 0 Å². The van der Waals surface area contributed by atoms with Gasteiger partial charge in [-0.2, -0.15) is 8.42 Å². The normalized spacial score (nSPS) is 11.8. The average molecular weight is 357 g/mol. The van der Waals surface area contributed by atoms with Crippen LogP contribution in [0.15, 0.2) is 23.1 Å². The lowest BCUT2D eigenvalue weighted by atomic mass is 10.0. The molecule has 2 N–H and O–H groups in total. The van der Waals surface area contributed by atoms with E-state index in [4.69, 9.17) is 0 Å². The van der Waals surface area contributed by atoms with E-state index >= 15 is 0 Å². The van der Waals surface area contributed by atoms with Crippen molar-refractivity contribution in [2.24, 2.45) is 0 Å². The summed E-state index contributed by atoms with van der Waals surface area (Å²) in [5, 5.41) is 9.66. The topological polar surface area (TPSA) is 74.6 Å². The molecule has 1 aromatic carbocycles. The molecule has 0 bridgehead atoms. The Bertz CT molecular complexity index is 567. The number of benzene rings is 1. The Morgan fingerprint density at radius 3 is 1.83 bits per heavy atom. The van der Waals surface area contributed by atoms with Crippen LogP contribution in [0.4, 0.5) is 0 Å². The minimum Gasteiger partial charge on any atom is -0.506 e. The SMILES string of the molecule is CCCCCCCCCCCCCc1cccc(O)c1S(=O)(=O)O. The molecule has 0 saturated carbocycles. The summed E-state index contributed by atoms with van der Waals surface area (Å²) in [6, 6.07) is 4.55. The summed E-state index contributed by atoms with van der Waals surface area (Å²) < 4.78 is 32.0. The van der Waals surface area contributed by atoms with Crippen LogP contribution in [0.25, 0.3) is 0 Å². The largest absolute Gasteiger partial charge is 0.506 e. The van der Waals surface area contributed by atoms with Crippen LogP contribution >= 0.6 is 0 Å². The summed E-state index contributed by atoms with van der Waals surface area (Å²) in [4.78, 5) is -0.336. The highest BCUT2D eigenvalue weighted by Crippen LogP contribution is 2.27. The summed E-state index contributed by atoms with van der Waals surface area (Å²) in [5.41, 5.74) is 0.494. The van der Waals surface area contributed by atoms with Gasteiger partial charge in [0.25, 0.3) is 10.1 Å². The monoisotopic (exact) mass is 356 g/mol. The Labute approximate surface area is 147 Å². The Hall–Kier alpha value is -1.07. The fourth-order valence-corrected chi connectivity index (χ4v) is 3.88. The Kier molecular flexibility index (Phi) is 10.0. The zero-order chi connectivity index (χ0) is 17.8. The van der Waals surface area contributed by atoms with E-state index in [0.29, 0.717) is 12.0 Å². The van der Waals surface area contributed by atoms with E-state index in [-0.39, 0.29) is 10.6 Å².